The first-order valence-corrected chi connectivity index (χ1v) is 8.71. The van der Waals surface area contributed by atoms with Crippen molar-refractivity contribution >= 4 is 11.3 Å². The van der Waals surface area contributed by atoms with Gasteiger partial charge < -0.3 is 5.32 Å². The summed E-state index contributed by atoms with van der Waals surface area (Å²) in [4.78, 5) is 2.77. The predicted molar refractivity (Wildman–Crippen MR) is 82.6 cm³/mol. The highest BCUT2D eigenvalue weighted by atomic mass is 32.1. The lowest BCUT2D eigenvalue weighted by Gasteiger charge is -2.50. The number of thiophene rings is 1. The summed E-state index contributed by atoms with van der Waals surface area (Å²) in [7, 11) is 0. The first kappa shape index (κ1) is 13.6. The molecule has 1 aliphatic carbocycles. The largest absolute Gasteiger partial charge is 0.311 e. The number of nitrogens with zero attached hydrogens (tertiary/aromatic N) is 1. The van der Waals surface area contributed by atoms with Gasteiger partial charge in [0, 0.05) is 31.2 Å². The van der Waals surface area contributed by atoms with E-state index in [-0.39, 0.29) is 0 Å². The molecule has 2 heterocycles. The van der Waals surface area contributed by atoms with Gasteiger partial charge in [-0.25, -0.2) is 0 Å². The average Bonchev–Trinajstić information content (AvgIpc) is 3.17. The van der Waals surface area contributed by atoms with Crippen molar-refractivity contribution in [3.8, 4) is 0 Å². The molecule has 0 amide bonds. The van der Waals surface area contributed by atoms with Crippen molar-refractivity contribution in [1.82, 2.24) is 10.2 Å². The van der Waals surface area contributed by atoms with E-state index in [9.17, 15) is 0 Å². The maximum absolute atomic E-state index is 3.84. The Kier molecular flexibility index (Phi) is 3.97. The second kappa shape index (κ2) is 5.55. The molecule has 0 aromatic carbocycles. The fourth-order valence-electron chi connectivity index (χ4n) is 3.53. The highest BCUT2D eigenvalue weighted by Crippen LogP contribution is 2.37. The van der Waals surface area contributed by atoms with Crippen LogP contribution in [0, 0.1) is 5.92 Å². The zero-order chi connectivity index (χ0) is 13.3. The lowest BCUT2D eigenvalue weighted by molar-refractivity contribution is 0.0204. The van der Waals surface area contributed by atoms with Crippen LogP contribution in [0.4, 0.5) is 0 Å². The topological polar surface area (TPSA) is 15.3 Å². The van der Waals surface area contributed by atoms with Crippen LogP contribution in [-0.2, 0) is 6.54 Å². The van der Waals surface area contributed by atoms with E-state index in [0.717, 1.165) is 18.5 Å². The minimum atomic E-state index is 0.368. The first-order chi connectivity index (χ1) is 9.27. The lowest BCUT2D eigenvalue weighted by atomic mass is 9.86. The Bertz CT molecular complexity index is 393. The smallest absolute Gasteiger partial charge is 0.0333 e. The van der Waals surface area contributed by atoms with E-state index >= 15 is 0 Å². The van der Waals surface area contributed by atoms with E-state index in [4.69, 9.17) is 0 Å². The molecular formula is C16H26N2S. The zero-order valence-electron chi connectivity index (χ0n) is 12.2. The lowest BCUT2D eigenvalue weighted by Crippen LogP contribution is -2.64. The Morgan fingerprint density at radius 1 is 1.37 bits per heavy atom. The molecule has 1 unspecified atom stereocenters. The van der Waals surface area contributed by atoms with Crippen molar-refractivity contribution in [1.29, 1.82) is 0 Å². The molecule has 2 aliphatic rings. The molecule has 0 bridgehead atoms. The summed E-state index contributed by atoms with van der Waals surface area (Å²) in [5.41, 5.74) is 1.86. The van der Waals surface area contributed by atoms with Gasteiger partial charge in [-0.05, 0) is 54.0 Å². The van der Waals surface area contributed by atoms with Crippen molar-refractivity contribution in [2.45, 2.75) is 57.7 Å². The average molecular weight is 278 g/mol. The van der Waals surface area contributed by atoms with E-state index in [2.05, 4.69) is 40.9 Å². The summed E-state index contributed by atoms with van der Waals surface area (Å²) < 4.78 is 0. The highest BCUT2D eigenvalue weighted by Gasteiger charge is 2.43. The molecule has 1 aliphatic heterocycles. The second-order valence-corrected chi connectivity index (χ2v) is 7.05. The van der Waals surface area contributed by atoms with Crippen LogP contribution in [0.5, 0.6) is 0 Å². The molecule has 1 saturated heterocycles. The molecule has 2 fully saturated rings. The van der Waals surface area contributed by atoms with E-state index in [0.29, 0.717) is 5.54 Å². The molecule has 0 spiro atoms. The number of nitrogens with one attached hydrogen (secondary N) is 1. The normalized spacial score (nSPS) is 27.6. The Labute approximate surface area is 121 Å². The third-order valence-electron chi connectivity index (χ3n) is 5.24. The van der Waals surface area contributed by atoms with Crippen LogP contribution >= 0.6 is 11.3 Å². The summed E-state index contributed by atoms with van der Waals surface area (Å²) in [6.07, 6.45) is 5.38. The standard InChI is InChI=1S/C16H26N2S/c1-3-16(4-2)12-17-15(14-5-6-14)10-18(16)9-13-7-8-19-11-13/h7-8,11,14-15,17H,3-6,9-10,12H2,1-2H3. The summed E-state index contributed by atoms with van der Waals surface area (Å²) in [6.45, 7) is 8.25. The Balaban J connectivity index is 1.75. The monoisotopic (exact) mass is 278 g/mol. The van der Waals surface area contributed by atoms with Crippen molar-refractivity contribution in [2.24, 2.45) is 5.92 Å². The van der Waals surface area contributed by atoms with E-state index in [1.165, 1.54) is 44.3 Å². The van der Waals surface area contributed by atoms with Crippen LogP contribution in [0.15, 0.2) is 16.8 Å². The van der Waals surface area contributed by atoms with E-state index in [1.54, 1.807) is 0 Å². The van der Waals surface area contributed by atoms with Gasteiger partial charge in [-0.1, -0.05) is 13.8 Å². The molecule has 3 heteroatoms. The first-order valence-electron chi connectivity index (χ1n) is 7.77. The van der Waals surface area contributed by atoms with E-state index in [1.807, 2.05) is 11.3 Å². The SMILES string of the molecule is CCC1(CC)CNC(C2CC2)CN1Cc1ccsc1. The van der Waals surface area contributed by atoms with Gasteiger partial charge in [-0.3, -0.25) is 4.90 Å². The molecule has 2 nitrogen and oxygen atoms in total. The fourth-order valence-corrected chi connectivity index (χ4v) is 4.19. The van der Waals surface area contributed by atoms with E-state index < -0.39 is 0 Å². The zero-order valence-corrected chi connectivity index (χ0v) is 13.0. The summed E-state index contributed by atoms with van der Waals surface area (Å²) >= 11 is 1.82. The van der Waals surface area contributed by atoms with Gasteiger partial charge in [0.2, 0.25) is 0 Å². The summed E-state index contributed by atoms with van der Waals surface area (Å²) in [5.74, 6) is 0.955. The van der Waals surface area contributed by atoms with Gasteiger partial charge in [0.05, 0.1) is 0 Å². The maximum atomic E-state index is 3.84. The van der Waals surface area contributed by atoms with Gasteiger partial charge in [0.15, 0.2) is 0 Å². The quantitative estimate of drug-likeness (QED) is 0.887. The van der Waals surface area contributed by atoms with Gasteiger partial charge in [0.25, 0.3) is 0 Å². The Morgan fingerprint density at radius 2 is 2.16 bits per heavy atom. The van der Waals surface area contributed by atoms with Gasteiger partial charge in [-0.15, -0.1) is 0 Å². The molecule has 19 heavy (non-hydrogen) atoms. The van der Waals surface area contributed by atoms with Crippen LogP contribution in [0.3, 0.4) is 0 Å². The minimum Gasteiger partial charge on any atom is -0.311 e. The Morgan fingerprint density at radius 3 is 2.74 bits per heavy atom. The van der Waals surface area contributed by atoms with Crippen LogP contribution in [0.1, 0.15) is 45.1 Å². The molecule has 1 atom stereocenters. The molecular weight excluding hydrogens is 252 g/mol. The Hall–Kier alpha value is -0.380. The van der Waals surface area contributed by atoms with Crippen molar-refractivity contribution in [3.63, 3.8) is 0 Å². The number of piperazine rings is 1. The van der Waals surface area contributed by atoms with Crippen molar-refractivity contribution in [2.75, 3.05) is 13.1 Å². The van der Waals surface area contributed by atoms with Gasteiger partial charge >= 0.3 is 0 Å². The summed E-state index contributed by atoms with van der Waals surface area (Å²) in [6, 6.07) is 3.03. The van der Waals surface area contributed by atoms with Crippen LogP contribution in [0.25, 0.3) is 0 Å². The molecule has 1 aromatic rings. The van der Waals surface area contributed by atoms with Gasteiger partial charge in [-0.2, -0.15) is 11.3 Å². The molecule has 1 saturated carbocycles. The van der Waals surface area contributed by atoms with Crippen LogP contribution < -0.4 is 5.32 Å². The van der Waals surface area contributed by atoms with Gasteiger partial charge in [0.1, 0.15) is 0 Å². The van der Waals surface area contributed by atoms with Crippen LogP contribution in [0.2, 0.25) is 0 Å². The summed E-state index contributed by atoms with van der Waals surface area (Å²) in [5, 5.41) is 8.36. The third kappa shape index (κ3) is 2.74. The molecule has 3 rings (SSSR count). The number of hydrogen-bond donors (Lipinski definition) is 1. The number of rotatable bonds is 5. The minimum absolute atomic E-state index is 0.368. The number of hydrogen-bond acceptors (Lipinski definition) is 3. The predicted octanol–water partition coefficient (Wildman–Crippen LogP) is 3.49. The van der Waals surface area contributed by atoms with Crippen LogP contribution in [-0.4, -0.2) is 29.6 Å². The van der Waals surface area contributed by atoms with Crippen molar-refractivity contribution in [3.05, 3.63) is 22.4 Å². The molecule has 106 valence electrons. The van der Waals surface area contributed by atoms with Crippen molar-refractivity contribution < 1.29 is 0 Å². The second-order valence-electron chi connectivity index (χ2n) is 6.27. The molecule has 1 N–H and O–H groups in total. The highest BCUT2D eigenvalue weighted by molar-refractivity contribution is 7.07. The fraction of sp³-hybridized carbons (Fsp3) is 0.750. The molecule has 1 aromatic heterocycles. The maximum Gasteiger partial charge on any atom is 0.0333 e. The third-order valence-corrected chi connectivity index (χ3v) is 5.97. The molecule has 0 radical (unpaired) electrons.